The van der Waals surface area contributed by atoms with Crippen molar-refractivity contribution in [3.8, 4) is 0 Å². The van der Waals surface area contributed by atoms with E-state index in [-0.39, 0.29) is 17.7 Å². The maximum absolute atomic E-state index is 13.0. The zero-order chi connectivity index (χ0) is 19.2. The summed E-state index contributed by atoms with van der Waals surface area (Å²) in [5.74, 6) is 1.12. The van der Waals surface area contributed by atoms with Gasteiger partial charge in [0.1, 0.15) is 5.82 Å². The normalized spacial score (nSPS) is 17.4. The third kappa shape index (κ3) is 4.86. The van der Waals surface area contributed by atoms with Gasteiger partial charge in [0.25, 0.3) is 0 Å². The number of nitrogens with zero attached hydrogens (tertiary/aromatic N) is 3. The Kier molecular flexibility index (Phi) is 6.45. The number of hydrogen-bond acceptors (Lipinski definition) is 4. The Morgan fingerprint density at radius 2 is 1.81 bits per heavy atom. The summed E-state index contributed by atoms with van der Waals surface area (Å²) in [6.07, 6.45) is 2.72. The van der Waals surface area contributed by atoms with Crippen LogP contribution < -0.4 is 10.2 Å². The Balaban J connectivity index is 1.68. The fourth-order valence-corrected chi connectivity index (χ4v) is 3.54. The minimum atomic E-state index is -0.159. The molecule has 27 heavy (non-hydrogen) atoms. The van der Waals surface area contributed by atoms with E-state index in [1.165, 1.54) is 0 Å². The number of nitrogens with one attached hydrogen (secondary N) is 1. The molecule has 2 aromatic rings. The lowest BCUT2D eigenvalue weighted by atomic mass is 9.85. The van der Waals surface area contributed by atoms with Crippen LogP contribution in [-0.2, 0) is 4.79 Å². The van der Waals surface area contributed by atoms with E-state index in [2.05, 4.69) is 41.0 Å². The van der Waals surface area contributed by atoms with Crippen molar-refractivity contribution in [2.45, 2.75) is 26.2 Å². The van der Waals surface area contributed by atoms with Crippen LogP contribution in [0.25, 0.3) is 0 Å². The van der Waals surface area contributed by atoms with Gasteiger partial charge in [-0.05, 0) is 30.7 Å². The molecule has 144 valence electrons. The predicted octanol–water partition coefficient (Wildman–Crippen LogP) is 3.60. The van der Waals surface area contributed by atoms with Gasteiger partial charge in [-0.25, -0.2) is 4.98 Å². The Morgan fingerprint density at radius 3 is 2.41 bits per heavy atom. The molecular weight excluding hydrogens is 336 g/mol. The number of piperazine rings is 1. The van der Waals surface area contributed by atoms with Gasteiger partial charge in [0.15, 0.2) is 0 Å². The van der Waals surface area contributed by atoms with E-state index in [0.29, 0.717) is 0 Å². The summed E-state index contributed by atoms with van der Waals surface area (Å²) >= 11 is 0. The van der Waals surface area contributed by atoms with Crippen LogP contribution in [0.5, 0.6) is 0 Å². The first-order chi connectivity index (χ1) is 13.1. The topological polar surface area (TPSA) is 48.5 Å². The summed E-state index contributed by atoms with van der Waals surface area (Å²) in [5, 5.41) is 3.06. The summed E-state index contributed by atoms with van der Waals surface area (Å²) in [5.41, 5.74) is 1.81. The van der Waals surface area contributed by atoms with E-state index >= 15 is 0 Å². The van der Waals surface area contributed by atoms with Gasteiger partial charge in [0.2, 0.25) is 5.91 Å². The van der Waals surface area contributed by atoms with Gasteiger partial charge in [-0.15, -0.1) is 0 Å². The first-order valence-corrected chi connectivity index (χ1v) is 9.84. The molecule has 3 rings (SSSR count). The maximum Gasteiger partial charge on any atom is 0.232 e. The lowest BCUT2D eigenvalue weighted by Gasteiger charge is -2.33. The molecule has 1 N–H and O–H groups in total. The number of likely N-dealkylation sites (N-methyl/N-ethyl adjacent to an activating group) is 1. The molecule has 0 radical (unpaired) electrons. The number of benzene rings is 1. The minimum Gasteiger partial charge on any atom is -0.354 e. The number of pyridine rings is 1. The SMILES string of the molecule is CCC(C)C(C(=O)Nc1ccc(N2CCN(C)CC2)nc1)c1ccccc1. The van der Waals surface area contributed by atoms with Crippen LogP contribution in [0.3, 0.4) is 0 Å². The number of carbonyl (C=O) groups excluding carboxylic acids is 1. The summed E-state index contributed by atoms with van der Waals surface area (Å²) in [7, 11) is 2.14. The van der Waals surface area contributed by atoms with E-state index in [0.717, 1.165) is 49.7 Å². The Bertz CT molecular complexity index is 724. The van der Waals surface area contributed by atoms with Crippen LogP contribution in [0.15, 0.2) is 48.7 Å². The van der Waals surface area contributed by atoms with Crippen LogP contribution in [-0.4, -0.2) is 49.0 Å². The monoisotopic (exact) mass is 366 g/mol. The van der Waals surface area contributed by atoms with Gasteiger partial charge in [0.05, 0.1) is 17.8 Å². The van der Waals surface area contributed by atoms with E-state index in [4.69, 9.17) is 0 Å². The molecule has 1 saturated heterocycles. The van der Waals surface area contributed by atoms with E-state index < -0.39 is 0 Å². The zero-order valence-corrected chi connectivity index (χ0v) is 16.6. The molecule has 0 spiro atoms. The first kappa shape index (κ1) is 19.4. The molecule has 1 aliphatic heterocycles. The first-order valence-electron chi connectivity index (χ1n) is 9.84. The molecule has 1 aliphatic rings. The fourth-order valence-electron chi connectivity index (χ4n) is 3.54. The second kappa shape index (κ2) is 9.00. The molecule has 0 aliphatic carbocycles. The Hall–Kier alpha value is -2.40. The maximum atomic E-state index is 13.0. The van der Waals surface area contributed by atoms with Gasteiger partial charge in [0, 0.05) is 26.2 Å². The minimum absolute atomic E-state index is 0.0321. The summed E-state index contributed by atoms with van der Waals surface area (Å²) in [6.45, 7) is 8.33. The number of amides is 1. The highest BCUT2D eigenvalue weighted by Crippen LogP contribution is 2.28. The highest BCUT2D eigenvalue weighted by molar-refractivity contribution is 5.96. The summed E-state index contributed by atoms with van der Waals surface area (Å²) < 4.78 is 0. The molecule has 0 saturated carbocycles. The van der Waals surface area contributed by atoms with Gasteiger partial charge in [-0.3, -0.25) is 4.79 Å². The number of hydrogen-bond donors (Lipinski definition) is 1. The van der Waals surface area contributed by atoms with Crippen molar-refractivity contribution in [1.82, 2.24) is 9.88 Å². The van der Waals surface area contributed by atoms with Crippen molar-refractivity contribution in [2.75, 3.05) is 43.4 Å². The average molecular weight is 367 g/mol. The lowest BCUT2D eigenvalue weighted by Crippen LogP contribution is -2.44. The van der Waals surface area contributed by atoms with Crippen LogP contribution in [0.2, 0.25) is 0 Å². The lowest BCUT2D eigenvalue weighted by molar-refractivity contribution is -0.118. The largest absolute Gasteiger partial charge is 0.354 e. The Labute approximate surface area is 162 Å². The number of rotatable bonds is 6. The fraction of sp³-hybridized carbons (Fsp3) is 0.455. The molecule has 5 nitrogen and oxygen atoms in total. The number of aromatic nitrogens is 1. The molecule has 2 atom stereocenters. The molecule has 1 aromatic heterocycles. The molecule has 2 unspecified atom stereocenters. The molecule has 1 fully saturated rings. The summed E-state index contributed by atoms with van der Waals surface area (Å²) in [4.78, 5) is 22.2. The standard InChI is InChI=1S/C22H30N4O/c1-4-17(2)21(18-8-6-5-7-9-18)22(27)24-19-10-11-20(23-16-19)26-14-12-25(3)13-15-26/h5-11,16-17,21H,4,12-15H2,1-3H3,(H,24,27). The highest BCUT2D eigenvalue weighted by atomic mass is 16.1. The summed E-state index contributed by atoms with van der Waals surface area (Å²) in [6, 6.07) is 14.0. The van der Waals surface area contributed by atoms with Gasteiger partial charge in [-0.2, -0.15) is 0 Å². The molecule has 2 heterocycles. The highest BCUT2D eigenvalue weighted by Gasteiger charge is 2.26. The van der Waals surface area contributed by atoms with Crippen LogP contribution in [0.1, 0.15) is 31.7 Å². The van der Waals surface area contributed by atoms with Crippen molar-refractivity contribution in [2.24, 2.45) is 5.92 Å². The second-order valence-electron chi connectivity index (χ2n) is 7.46. The van der Waals surface area contributed by atoms with E-state index in [9.17, 15) is 4.79 Å². The van der Waals surface area contributed by atoms with E-state index in [1.807, 2.05) is 42.5 Å². The smallest absolute Gasteiger partial charge is 0.232 e. The number of anilines is 2. The molecule has 0 bridgehead atoms. The molecule has 5 heteroatoms. The number of carbonyl (C=O) groups is 1. The van der Waals surface area contributed by atoms with Crippen molar-refractivity contribution >= 4 is 17.4 Å². The zero-order valence-electron chi connectivity index (χ0n) is 16.6. The van der Waals surface area contributed by atoms with Crippen LogP contribution in [0, 0.1) is 5.92 Å². The van der Waals surface area contributed by atoms with Crippen molar-refractivity contribution in [3.05, 3.63) is 54.2 Å². The van der Waals surface area contributed by atoms with Gasteiger partial charge < -0.3 is 15.1 Å². The predicted molar refractivity (Wildman–Crippen MR) is 111 cm³/mol. The van der Waals surface area contributed by atoms with Gasteiger partial charge in [-0.1, -0.05) is 50.6 Å². The average Bonchev–Trinajstić information content (AvgIpc) is 2.70. The second-order valence-corrected chi connectivity index (χ2v) is 7.46. The molecule has 1 amide bonds. The molecule has 1 aromatic carbocycles. The Morgan fingerprint density at radius 1 is 1.11 bits per heavy atom. The van der Waals surface area contributed by atoms with Crippen molar-refractivity contribution in [1.29, 1.82) is 0 Å². The van der Waals surface area contributed by atoms with Crippen molar-refractivity contribution in [3.63, 3.8) is 0 Å². The van der Waals surface area contributed by atoms with Crippen molar-refractivity contribution < 1.29 is 4.79 Å². The van der Waals surface area contributed by atoms with Gasteiger partial charge >= 0.3 is 0 Å². The quantitative estimate of drug-likeness (QED) is 0.849. The van der Waals surface area contributed by atoms with E-state index in [1.54, 1.807) is 6.20 Å². The third-order valence-corrected chi connectivity index (χ3v) is 5.50. The third-order valence-electron chi connectivity index (χ3n) is 5.50. The van der Waals surface area contributed by atoms with Crippen LogP contribution in [0.4, 0.5) is 11.5 Å². The molecular formula is C22H30N4O. The van der Waals surface area contributed by atoms with Crippen LogP contribution >= 0.6 is 0 Å².